The lowest BCUT2D eigenvalue weighted by Crippen LogP contribution is -2.38. The lowest BCUT2D eigenvalue weighted by Gasteiger charge is -2.24. The normalized spacial score (nSPS) is 22.8. The SMILES string of the molecule is CC(=O)NC1CCc2ccc(OC3=CNC4=NC=C(C(=O)NC(C)C)C4P3)cc21. The van der Waals surface area contributed by atoms with Gasteiger partial charge < -0.3 is 20.7 Å². The van der Waals surface area contributed by atoms with Crippen molar-refractivity contribution in [2.45, 2.75) is 51.4 Å². The van der Waals surface area contributed by atoms with E-state index in [0.29, 0.717) is 5.57 Å². The van der Waals surface area contributed by atoms with E-state index >= 15 is 0 Å². The second-order valence-electron chi connectivity index (χ2n) is 7.71. The molecule has 0 saturated carbocycles. The summed E-state index contributed by atoms with van der Waals surface area (Å²) in [6.07, 6.45) is 5.31. The maximum atomic E-state index is 12.5. The van der Waals surface area contributed by atoms with E-state index in [0.717, 1.165) is 35.5 Å². The predicted molar refractivity (Wildman–Crippen MR) is 114 cm³/mol. The van der Waals surface area contributed by atoms with Gasteiger partial charge in [0.05, 0.1) is 17.3 Å². The van der Waals surface area contributed by atoms with Crippen LogP contribution >= 0.6 is 8.58 Å². The van der Waals surface area contributed by atoms with Crippen molar-refractivity contribution in [2.75, 3.05) is 0 Å². The van der Waals surface area contributed by atoms with Crippen molar-refractivity contribution in [3.8, 4) is 5.75 Å². The van der Waals surface area contributed by atoms with E-state index in [1.165, 1.54) is 5.56 Å². The third-order valence-electron chi connectivity index (χ3n) is 5.05. The third kappa shape index (κ3) is 4.20. The molecule has 1 aromatic rings. The predicted octanol–water partition coefficient (Wildman–Crippen LogP) is 2.46. The highest BCUT2D eigenvalue weighted by molar-refractivity contribution is 7.45. The number of amidine groups is 1. The van der Waals surface area contributed by atoms with Crippen LogP contribution in [0.4, 0.5) is 0 Å². The van der Waals surface area contributed by atoms with Crippen LogP contribution in [-0.2, 0) is 16.0 Å². The van der Waals surface area contributed by atoms with Gasteiger partial charge in [0.1, 0.15) is 17.1 Å². The Bertz CT molecular complexity index is 951. The maximum Gasteiger partial charge on any atom is 0.250 e. The van der Waals surface area contributed by atoms with Gasteiger partial charge in [0.15, 0.2) is 0 Å². The third-order valence-corrected chi connectivity index (χ3v) is 6.45. The number of carbonyl (C=O) groups excluding carboxylic acids is 2. The second kappa shape index (κ2) is 7.99. The molecule has 4 rings (SSSR count). The number of nitrogens with one attached hydrogen (secondary N) is 3. The van der Waals surface area contributed by atoms with Gasteiger partial charge in [-0.1, -0.05) is 6.07 Å². The molecule has 152 valence electrons. The van der Waals surface area contributed by atoms with E-state index in [-0.39, 0.29) is 38.1 Å². The van der Waals surface area contributed by atoms with Gasteiger partial charge in [-0.3, -0.25) is 9.59 Å². The number of hydrogen-bond donors (Lipinski definition) is 3. The lowest BCUT2D eigenvalue weighted by atomic mass is 10.1. The zero-order valence-electron chi connectivity index (χ0n) is 16.7. The number of amides is 2. The minimum atomic E-state index is -0.102. The number of ether oxygens (including phenoxy) is 1. The van der Waals surface area contributed by atoms with Crippen LogP contribution in [0.2, 0.25) is 0 Å². The summed E-state index contributed by atoms with van der Waals surface area (Å²) < 4.78 is 6.14. The van der Waals surface area contributed by atoms with Gasteiger partial charge in [-0.25, -0.2) is 4.99 Å². The number of fused-ring (bicyclic) bond motifs is 2. The molecule has 0 radical (unpaired) electrons. The largest absolute Gasteiger partial charge is 0.456 e. The molecule has 3 aliphatic rings. The standard InChI is InChI=1S/C21H25N4O3P/c1-11(2)24-21(27)16-9-22-20-19(16)29-18(10-23-20)28-14-6-4-13-5-7-17(15(13)8-14)25-12(3)26/h4,6,8-11,17,19,29H,5,7H2,1-3H3,(H,22,23)(H,24,27)(H,25,26). The Labute approximate surface area is 171 Å². The monoisotopic (exact) mass is 412 g/mol. The number of aliphatic imine (C=N–C) groups is 1. The minimum absolute atomic E-state index is 0.0260. The molecular weight excluding hydrogens is 387 g/mol. The maximum absolute atomic E-state index is 12.5. The number of carbonyl (C=O) groups is 2. The van der Waals surface area contributed by atoms with Crippen molar-refractivity contribution in [1.82, 2.24) is 16.0 Å². The van der Waals surface area contributed by atoms with Gasteiger partial charge in [-0.05, 0) is 58.5 Å². The van der Waals surface area contributed by atoms with Crippen molar-refractivity contribution < 1.29 is 14.3 Å². The highest BCUT2D eigenvalue weighted by Crippen LogP contribution is 2.41. The zero-order chi connectivity index (χ0) is 20.5. The molecule has 0 aromatic heterocycles. The second-order valence-corrected chi connectivity index (χ2v) is 9.07. The van der Waals surface area contributed by atoms with E-state index in [4.69, 9.17) is 4.74 Å². The fraction of sp³-hybridized carbons (Fsp3) is 0.381. The summed E-state index contributed by atoms with van der Waals surface area (Å²) in [4.78, 5) is 28.3. The average Bonchev–Trinajstić information content (AvgIpc) is 3.25. The van der Waals surface area contributed by atoms with Crippen molar-refractivity contribution >= 4 is 26.2 Å². The van der Waals surface area contributed by atoms with Gasteiger partial charge in [0.2, 0.25) is 11.8 Å². The Morgan fingerprint density at radius 1 is 1.34 bits per heavy atom. The van der Waals surface area contributed by atoms with E-state index < -0.39 is 0 Å². The summed E-state index contributed by atoms with van der Waals surface area (Å²) in [7, 11) is 0.269. The van der Waals surface area contributed by atoms with Gasteiger partial charge >= 0.3 is 0 Å². The molecule has 2 heterocycles. The first-order valence-electron chi connectivity index (χ1n) is 9.80. The average molecular weight is 412 g/mol. The highest BCUT2D eigenvalue weighted by Gasteiger charge is 2.34. The summed E-state index contributed by atoms with van der Waals surface area (Å²) in [5, 5.41) is 9.10. The van der Waals surface area contributed by atoms with Crippen LogP contribution in [0.15, 0.2) is 46.7 Å². The minimum Gasteiger partial charge on any atom is -0.456 e. The van der Waals surface area contributed by atoms with Gasteiger partial charge in [-0.15, -0.1) is 0 Å². The molecule has 3 unspecified atom stereocenters. The summed E-state index contributed by atoms with van der Waals surface area (Å²) >= 11 is 0. The molecule has 0 fully saturated rings. The van der Waals surface area contributed by atoms with Crippen LogP contribution < -0.4 is 20.7 Å². The van der Waals surface area contributed by atoms with E-state index in [9.17, 15) is 9.59 Å². The molecule has 3 atom stereocenters. The van der Waals surface area contributed by atoms with Crippen molar-refractivity contribution in [2.24, 2.45) is 4.99 Å². The van der Waals surface area contributed by atoms with E-state index in [1.54, 1.807) is 13.1 Å². The molecule has 1 aromatic carbocycles. The molecule has 2 amide bonds. The summed E-state index contributed by atoms with van der Waals surface area (Å²) in [6.45, 7) is 5.42. The highest BCUT2D eigenvalue weighted by atomic mass is 31.1. The molecule has 29 heavy (non-hydrogen) atoms. The molecular formula is C21H25N4O3P. The topological polar surface area (TPSA) is 91.8 Å². The Morgan fingerprint density at radius 3 is 2.93 bits per heavy atom. The molecule has 0 spiro atoms. The smallest absolute Gasteiger partial charge is 0.250 e. The fourth-order valence-electron chi connectivity index (χ4n) is 3.79. The molecule has 7 nitrogen and oxygen atoms in total. The first-order chi connectivity index (χ1) is 13.9. The lowest BCUT2D eigenvalue weighted by molar-refractivity contribution is -0.120. The molecule has 8 heteroatoms. The molecule has 0 bridgehead atoms. The van der Waals surface area contributed by atoms with E-state index in [1.807, 2.05) is 32.2 Å². The first kappa shape index (κ1) is 19.6. The number of rotatable bonds is 5. The van der Waals surface area contributed by atoms with Crippen LogP contribution in [0.3, 0.4) is 0 Å². The van der Waals surface area contributed by atoms with Crippen LogP contribution in [0.5, 0.6) is 5.75 Å². The Morgan fingerprint density at radius 2 is 2.17 bits per heavy atom. The van der Waals surface area contributed by atoms with Gasteiger partial charge in [0, 0.05) is 25.4 Å². The summed E-state index contributed by atoms with van der Waals surface area (Å²) in [5.41, 5.74) is 3.69. The van der Waals surface area contributed by atoms with Crippen LogP contribution in [-0.4, -0.2) is 29.4 Å². The van der Waals surface area contributed by atoms with E-state index in [2.05, 4.69) is 27.0 Å². The van der Waals surface area contributed by atoms with Crippen molar-refractivity contribution in [1.29, 1.82) is 0 Å². The quantitative estimate of drug-likeness (QED) is 0.648. The molecule has 0 saturated heterocycles. The molecule has 1 aliphatic carbocycles. The molecule has 2 aliphatic heterocycles. The van der Waals surface area contributed by atoms with Crippen LogP contribution in [0.25, 0.3) is 0 Å². The first-order valence-corrected chi connectivity index (χ1v) is 10.9. The van der Waals surface area contributed by atoms with Crippen molar-refractivity contribution in [3.05, 3.63) is 52.8 Å². The van der Waals surface area contributed by atoms with Gasteiger partial charge in [-0.2, -0.15) is 0 Å². The van der Waals surface area contributed by atoms with Crippen LogP contribution in [0.1, 0.15) is 44.4 Å². The fourth-order valence-corrected chi connectivity index (χ4v) is 5.06. The van der Waals surface area contributed by atoms with Crippen molar-refractivity contribution in [3.63, 3.8) is 0 Å². The summed E-state index contributed by atoms with van der Waals surface area (Å²) in [6, 6.07) is 6.14. The summed E-state index contributed by atoms with van der Waals surface area (Å²) in [5.74, 6) is 1.40. The zero-order valence-corrected chi connectivity index (χ0v) is 17.7. The Kier molecular flexibility index (Phi) is 5.41. The Hall–Kier alpha value is -2.66. The number of benzene rings is 1. The molecule has 3 N–H and O–H groups in total. The Balaban J connectivity index is 1.46. The number of nitrogens with zero attached hydrogens (tertiary/aromatic N) is 1. The number of aryl methyl sites for hydroxylation is 1. The number of hydrogen-bond acceptors (Lipinski definition) is 5. The van der Waals surface area contributed by atoms with Gasteiger partial charge in [0.25, 0.3) is 0 Å². The van der Waals surface area contributed by atoms with Crippen LogP contribution in [0, 0.1) is 0 Å².